The smallest absolute Gasteiger partial charge is 0.411 e. The number of aromatic nitrogens is 1. The summed E-state index contributed by atoms with van der Waals surface area (Å²) in [6, 6.07) is 16.1. The quantitative estimate of drug-likeness (QED) is 0.387. The van der Waals surface area contributed by atoms with Crippen molar-refractivity contribution in [2.75, 3.05) is 30.8 Å². The van der Waals surface area contributed by atoms with Crippen LogP contribution >= 0.6 is 0 Å². The number of ether oxygens (including phenoxy) is 2. The molecule has 1 saturated carbocycles. The van der Waals surface area contributed by atoms with Crippen molar-refractivity contribution in [3.05, 3.63) is 48.0 Å². The maximum absolute atomic E-state index is 12.5. The van der Waals surface area contributed by atoms with Gasteiger partial charge in [0.05, 0.1) is 29.1 Å². The van der Waals surface area contributed by atoms with Gasteiger partial charge in [0, 0.05) is 36.3 Å². The standard InChI is InChI=1S/C29H34N4O5S/c1-3-37-24-12-13-25-26(19-30)28(33(27(25)18-24)22-6-5-7-22)20-8-10-21(11-9-20)31-29(34)38-23-14-16-32(17-15-23)39(35,36)4-2/h8-13,18,22-23H,3-7,14-17H2,1-2H3,(H,31,34). The molecule has 9 nitrogen and oxygen atoms in total. The summed E-state index contributed by atoms with van der Waals surface area (Å²) in [5.41, 5.74) is 4.00. The summed E-state index contributed by atoms with van der Waals surface area (Å²) in [5.74, 6) is 0.857. The van der Waals surface area contributed by atoms with E-state index in [1.54, 1.807) is 6.92 Å². The van der Waals surface area contributed by atoms with Gasteiger partial charge in [0.15, 0.2) is 0 Å². The van der Waals surface area contributed by atoms with Gasteiger partial charge in [-0.15, -0.1) is 0 Å². The number of piperidine rings is 1. The topological polar surface area (TPSA) is 114 Å². The van der Waals surface area contributed by atoms with Gasteiger partial charge in [-0.2, -0.15) is 5.26 Å². The monoisotopic (exact) mass is 550 g/mol. The Morgan fingerprint density at radius 2 is 1.79 bits per heavy atom. The first-order chi connectivity index (χ1) is 18.8. The number of hydrogen-bond acceptors (Lipinski definition) is 6. The molecule has 206 valence electrons. The van der Waals surface area contributed by atoms with Gasteiger partial charge in [-0.1, -0.05) is 12.1 Å². The molecule has 2 aromatic carbocycles. The molecule has 39 heavy (non-hydrogen) atoms. The summed E-state index contributed by atoms with van der Waals surface area (Å²) in [5, 5.41) is 13.8. The van der Waals surface area contributed by atoms with E-state index in [9.17, 15) is 18.5 Å². The highest BCUT2D eigenvalue weighted by atomic mass is 32.2. The minimum absolute atomic E-state index is 0.0700. The van der Waals surface area contributed by atoms with Gasteiger partial charge in [-0.3, -0.25) is 5.32 Å². The summed E-state index contributed by atoms with van der Waals surface area (Å²) >= 11 is 0. The second kappa shape index (κ2) is 11.3. The SMILES string of the molecule is CCOc1ccc2c(C#N)c(-c3ccc(NC(=O)OC4CCN(S(=O)(=O)CC)CC4)cc3)n(C3CCC3)c2c1. The molecule has 5 rings (SSSR count). The largest absolute Gasteiger partial charge is 0.494 e. The molecule has 1 aliphatic carbocycles. The Hall–Kier alpha value is -3.55. The van der Waals surface area contributed by atoms with Crippen molar-refractivity contribution in [1.82, 2.24) is 8.87 Å². The number of carbonyl (C=O) groups is 1. The second-order valence-corrected chi connectivity index (χ2v) is 12.3. The first-order valence-corrected chi connectivity index (χ1v) is 15.2. The van der Waals surface area contributed by atoms with Crippen LogP contribution in [0.5, 0.6) is 5.75 Å². The first-order valence-electron chi connectivity index (χ1n) is 13.6. The molecule has 0 bridgehead atoms. The van der Waals surface area contributed by atoms with E-state index in [2.05, 4.69) is 16.0 Å². The minimum atomic E-state index is -3.23. The Morgan fingerprint density at radius 1 is 1.08 bits per heavy atom. The molecule has 0 atom stereocenters. The van der Waals surface area contributed by atoms with Crippen LogP contribution in [0.1, 0.15) is 57.6 Å². The molecule has 2 aliphatic rings. The number of rotatable bonds is 8. The number of carbonyl (C=O) groups excluding carboxylic acids is 1. The molecule has 0 unspecified atom stereocenters. The third kappa shape index (κ3) is 5.47. The maximum Gasteiger partial charge on any atom is 0.411 e. The summed E-state index contributed by atoms with van der Waals surface area (Å²) in [6.45, 7) is 4.86. The van der Waals surface area contributed by atoms with Crippen LogP contribution in [0, 0.1) is 11.3 Å². The molecule has 1 amide bonds. The van der Waals surface area contributed by atoms with Crippen LogP contribution < -0.4 is 10.1 Å². The summed E-state index contributed by atoms with van der Waals surface area (Å²) in [7, 11) is -3.23. The van der Waals surface area contributed by atoms with Gasteiger partial charge in [0.25, 0.3) is 0 Å². The van der Waals surface area contributed by atoms with Crippen LogP contribution in [0.25, 0.3) is 22.2 Å². The van der Waals surface area contributed by atoms with E-state index in [1.165, 1.54) is 4.31 Å². The molecule has 0 spiro atoms. The fourth-order valence-electron chi connectivity index (χ4n) is 5.39. The lowest BCUT2D eigenvalue weighted by atomic mass is 9.92. The van der Waals surface area contributed by atoms with Crippen molar-refractivity contribution in [3.63, 3.8) is 0 Å². The minimum Gasteiger partial charge on any atom is -0.494 e. The number of fused-ring (bicyclic) bond motifs is 1. The van der Waals surface area contributed by atoms with Gasteiger partial charge in [0.2, 0.25) is 10.0 Å². The molecule has 1 N–H and O–H groups in total. The van der Waals surface area contributed by atoms with Gasteiger partial charge in [0.1, 0.15) is 17.9 Å². The summed E-state index contributed by atoms with van der Waals surface area (Å²) in [4.78, 5) is 12.5. The van der Waals surface area contributed by atoms with E-state index in [0.717, 1.165) is 47.2 Å². The second-order valence-electron chi connectivity index (χ2n) is 10.0. The predicted octanol–water partition coefficient (Wildman–Crippen LogP) is 5.67. The number of benzene rings is 2. The molecule has 1 saturated heterocycles. The lowest BCUT2D eigenvalue weighted by Gasteiger charge is -2.30. The van der Waals surface area contributed by atoms with Crippen molar-refractivity contribution < 1.29 is 22.7 Å². The van der Waals surface area contributed by atoms with Gasteiger partial charge < -0.3 is 14.0 Å². The van der Waals surface area contributed by atoms with Gasteiger partial charge in [-0.05, 0) is 75.8 Å². The van der Waals surface area contributed by atoms with E-state index in [1.807, 2.05) is 49.4 Å². The Morgan fingerprint density at radius 3 is 2.38 bits per heavy atom. The van der Waals surface area contributed by atoms with Gasteiger partial charge >= 0.3 is 6.09 Å². The summed E-state index contributed by atoms with van der Waals surface area (Å²) in [6.07, 6.45) is 3.34. The van der Waals surface area contributed by atoms with Gasteiger partial charge in [-0.25, -0.2) is 17.5 Å². The fourth-order valence-corrected chi connectivity index (χ4v) is 6.52. The highest BCUT2D eigenvalue weighted by molar-refractivity contribution is 7.89. The molecule has 10 heteroatoms. The van der Waals surface area contributed by atoms with E-state index in [4.69, 9.17) is 9.47 Å². The lowest BCUT2D eigenvalue weighted by Crippen LogP contribution is -2.42. The predicted molar refractivity (Wildman–Crippen MR) is 150 cm³/mol. The third-order valence-electron chi connectivity index (χ3n) is 7.68. The van der Waals surface area contributed by atoms with Crippen molar-refractivity contribution in [3.8, 4) is 23.1 Å². The molecular formula is C29H34N4O5S. The number of sulfonamides is 1. The molecule has 1 aliphatic heterocycles. The fraction of sp³-hybridized carbons (Fsp3) is 0.448. The number of nitrogens with one attached hydrogen (secondary N) is 1. The Balaban J connectivity index is 1.33. The van der Waals surface area contributed by atoms with Crippen LogP contribution in [-0.4, -0.2) is 54.9 Å². The average Bonchev–Trinajstić information content (AvgIpc) is 3.22. The number of hydrogen-bond donors (Lipinski definition) is 1. The lowest BCUT2D eigenvalue weighted by molar-refractivity contribution is 0.0774. The zero-order valence-electron chi connectivity index (χ0n) is 22.4. The highest BCUT2D eigenvalue weighted by Crippen LogP contribution is 2.43. The molecule has 2 heterocycles. The van der Waals surface area contributed by atoms with E-state index in [0.29, 0.717) is 49.8 Å². The molecule has 3 aromatic rings. The highest BCUT2D eigenvalue weighted by Gasteiger charge is 2.29. The zero-order chi connectivity index (χ0) is 27.6. The molecule has 1 aromatic heterocycles. The third-order valence-corrected chi connectivity index (χ3v) is 9.56. The number of anilines is 1. The van der Waals surface area contributed by atoms with E-state index < -0.39 is 16.1 Å². The van der Waals surface area contributed by atoms with Crippen LogP contribution in [0.4, 0.5) is 10.5 Å². The molecule has 0 radical (unpaired) electrons. The molecule has 2 fully saturated rings. The normalized spacial score (nSPS) is 16.9. The van der Waals surface area contributed by atoms with Crippen LogP contribution in [0.15, 0.2) is 42.5 Å². The van der Waals surface area contributed by atoms with Crippen molar-refractivity contribution in [1.29, 1.82) is 5.26 Å². The van der Waals surface area contributed by atoms with Crippen LogP contribution in [0.2, 0.25) is 0 Å². The first kappa shape index (κ1) is 27.0. The molecular weight excluding hydrogens is 516 g/mol. The van der Waals surface area contributed by atoms with Crippen molar-refractivity contribution in [2.45, 2.75) is 58.1 Å². The summed E-state index contributed by atoms with van der Waals surface area (Å²) < 4.78 is 39.1. The Kier molecular flexibility index (Phi) is 7.82. The van der Waals surface area contributed by atoms with E-state index >= 15 is 0 Å². The Bertz CT molecular complexity index is 1500. The maximum atomic E-state index is 12.5. The number of amides is 1. The van der Waals surface area contributed by atoms with Crippen LogP contribution in [0.3, 0.4) is 0 Å². The number of nitriles is 1. The zero-order valence-corrected chi connectivity index (χ0v) is 23.2. The Labute approximate surface area is 229 Å². The van der Waals surface area contributed by atoms with Crippen LogP contribution in [-0.2, 0) is 14.8 Å². The average molecular weight is 551 g/mol. The van der Waals surface area contributed by atoms with E-state index in [-0.39, 0.29) is 11.9 Å². The van der Waals surface area contributed by atoms with Crippen molar-refractivity contribution >= 4 is 32.7 Å². The van der Waals surface area contributed by atoms with Crippen molar-refractivity contribution in [2.24, 2.45) is 0 Å². The number of nitrogens with zero attached hydrogens (tertiary/aromatic N) is 3.